The van der Waals surface area contributed by atoms with Crippen molar-refractivity contribution < 1.29 is 19.1 Å². The number of aromatic nitrogens is 4. The molecule has 1 fully saturated rings. The van der Waals surface area contributed by atoms with Crippen LogP contribution in [0.1, 0.15) is 28.0 Å². The van der Waals surface area contributed by atoms with E-state index in [0.29, 0.717) is 43.4 Å². The Kier molecular flexibility index (Phi) is 8.42. The number of ether oxygens (including phenoxy) is 2. The second kappa shape index (κ2) is 12.5. The van der Waals surface area contributed by atoms with E-state index in [9.17, 15) is 9.59 Å². The molecule has 1 saturated heterocycles. The molecule has 1 N–H and O–H groups in total. The average molecular weight is 556 g/mol. The third kappa shape index (κ3) is 6.63. The summed E-state index contributed by atoms with van der Waals surface area (Å²) in [6, 6.07) is 16.1. The normalized spacial score (nSPS) is 15.0. The average Bonchev–Trinajstić information content (AvgIpc) is 3.55. The van der Waals surface area contributed by atoms with Crippen LogP contribution in [0.3, 0.4) is 0 Å². The predicted molar refractivity (Wildman–Crippen MR) is 153 cm³/mol. The molecule has 0 saturated carbocycles. The van der Waals surface area contributed by atoms with Gasteiger partial charge in [0.25, 0.3) is 5.91 Å². The molecule has 1 aliphatic rings. The molecule has 0 radical (unpaired) electrons. The number of methoxy groups -OCH3 is 2. The number of amides is 2. The summed E-state index contributed by atoms with van der Waals surface area (Å²) in [6.45, 7) is 3.73. The Balaban J connectivity index is 1.35. The number of hydrogen-bond donors (Lipinski definition) is 1. The van der Waals surface area contributed by atoms with Crippen LogP contribution in [0.5, 0.6) is 11.5 Å². The van der Waals surface area contributed by atoms with Crippen molar-refractivity contribution in [2.24, 2.45) is 0 Å². The van der Waals surface area contributed by atoms with Crippen LogP contribution in [-0.2, 0) is 11.3 Å². The van der Waals surface area contributed by atoms with Gasteiger partial charge in [0.2, 0.25) is 11.9 Å². The lowest BCUT2D eigenvalue weighted by Gasteiger charge is -2.42. The third-order valence-electron chi connectivity index (χ3n) is 7.04. The summed E-state index contributed by atoms with van der Waals surface area (Å²) in [6.07, 6.45) is 5.27. The van der Waals surface area contributed by atoms with Gasteiger partial charge in [0.1, 0.15) is 23.6 Å². The largest absolute Gasteiger partial charge is 0.497 e. The van der Waals surface area contributed by atoms with Gasteiger partial charge in [0.05, 0.1) is 20.3 Å². The first-order valence-corrected chi connectivity index (χ1v) is 13.4. The third-order valence-corrected chi connectivity index (χ3v) is 7.04. The van der Waals surface area contributed by atoms with Gasteiger partial charge in [0.15, 0.2) is 0 Å². The first kappa shape index (κ1) is 27.6. The summed E-state index contributed by atoms with van der Waals surface area (Å²) < 4.78 is 12.2. The first-order chi connectivity index (χ1) is 19.9. The van der Waals surface area contributed by atoms with Crippen molar-refractivity contribution in [3.63, 3.8) is 0 Å². The summed E-state index contributed by atoms with van der Waals surface area (Å²) in [7, 11) is 3.20. The van der Waals surface area contributed by atoms with Gasteiger partial charge in [-0.1, -0.05) is 12.1 Å². The van der Waals surface area contributed by atoms with Crippen molar-refractivity contribution in [3.05, 3.63) is 90.1 Å². The van der Waals surface area contributed by atoms with E-state index in [-0.39, 0.29) is 24.3 Å². The van der Waals surface area contributed by atoms with Gasteiger partial charge in [-0.3, -0.25) is 14.2 Å². The summed E-state index contributed by atoms with van der Waals surface area (Å²) in [4.78, 5) is 44.1. The maximum atomic E-state index is 13.6. The Bertz CT molecular complexity index is 1470. The fraction of sp³-hybridized carbons (Fsp3) is 0.300. The Morgan fingerprint density at radius 2 is 1.68 bits per heavy atom. The number of carbonyl (C=O) groups excluding carboxylic acids is 2. The van der Waals surface area contributed by atoms with Gasteiger partial charge in [-0.2, -0.15) is 4.98 Å². The lowest BCUT2D eigenvalue weighted by molar-refractivity contribution is -0.122. The second-order valence-corrected chi connectivity index (χ2v) is 9.79. The molecule has 0 aliphatic carbocycles. The van der Waals surface area contributed by atoms with Gasteiger partial charge in [0, 0.05) is 62.3 Å². The van der Waals surface area contributed by atoms with Gasteiger partial charge in [-0.05, 0) is 48.9 Å². The number of rotatable bonds is 9. The van der Waals surface area contributed by atoms with E-state index in [1.54, 1.807) is 66.7 Å². The van der Waals surface area contributed by atoms with E-state index in [0.717, 1.165) is 22.8 Å². The van der Waals surface area contributed by atoms with Crippen molar-refractivity contribution in [1.82, 2.24) is 29.7 Å². The van der Waals surface area contributed by atoms with E-state index in [1.807, 2.05) is 37.3 Å². The quantitative estimate of drug-likeness (QED) is 0.335. The minimum Gasteiger partial charge on any atom is -0.497 e. The summed E-state index contributed by atoms with van der Waals surface area (Å²) >= 11 is 0. The summed E-state index contributed by atoms with van der Waals surface area (Å²) in [5.41, 5.74) is 2.31. The molecule has 11 heteroatoms. The van der Waals surface area contributed by atoms with E-state index in [2.05, 4.69) is 20.2 Å². The van der Waals surface area contributed by atoms with Gasteiger partial charge < -0.3 is 24.6 Å². The Hall–Kier alpha value is -4.93. The zero-order chi connectivity index (χ0) is 28.8. The topological polar surface area (TPSA) is 115 Å². The van der Waals surface area contributed by atoms with E-state index >= 15 is 0 Å². The second-order valence-electron chi connectivity index (χ2n) is 9.79. The van der Waals surface area contributed by atoms with Crippen LogP contribution >= 0.6 is 0 Å². The number of anilines is 1. The summed E-state index contributed by atoms with van der Waals surface area (Å²) in [5.74, 6) is 2.42. The molecule has 1 atom stereocenters. The van der Waals surface area contributed by atoms with E-state index in [4.69, 9.17) is 14.5 Å². The molecule has 41 heavy (non-hydrogen) atoms. The summed E-state index contributed by atoms with van der Waals surface area (Å²) in [5, 5.41) is 3.00. The molecule has 0 bridgehead atoms. The van der Waals surface area contributed by atoms with Crippen LogP contribution in [-0.4, -0.2) is 76.1 Å². The van der Waals surface area contributed by atoms with Crippen LogP contribution in [0.25, 0.3) is 5.95 Å². The van der Waals surface area contributed by atoms with Crippen molar-refractivity contribution in [3.8, 4) is 17.4 Å². The first-order valence-electron chi connectivity index (χ1n) is 13.4. The van der Waals surface area contributed by atoms with Gasteiger partial charge >= 0.3 is 0 Å². The molecule has 5 rings (SSSR count). The predicted octanol–water partition coefficient (Wildman–Crippen LogP) is 3.03. The SMILES string of the molecule is COc1ccc(CNC(=O)CC2CN(c3cc(C)nc(-n4ccnc4)n3)CCN2C(=O)c2ccc(OC)cc2)cc1. The molecule has 0 spiro atoms. The van der Waals surface area contributed by atoms with Crippen molar-refractivity contribution >= 4 is 17.6 Å². The lowest BCUT2D eigenvalue weighted by atomic mass is 10.0. The number of piperazine rings is 1. The Morgan fingerprint density at radius 3 is 2.34 bits per heavy atom. The number of carbonyl (C=O) groups is 2. The van der Waals surface area contributed by atoms with Gasteiger partial charge in [-0.15, -0.1) is 0 Å². The van der Waals surface area contributed by atoms with Crippen LogP contribution in [0, 0.1) is 6.92 Å². The highest BCUT2D eigenvalue weighted by Gasteiger charge is 2.33. The van der Waals surface area contributed by atoms with E-state index in [1.165, 1.54) is 0 Å². The van der Waals surface area contributed by atoms with Crippen LogP contribution in [0.2, 0.25) is 0 Å². The molecule has 11 nitrogen and oxygen atoms in total. The van der Waals surface area contributed by atoms with E-state index < -0.39 is 0 Å². The zero-order valence-corrected chi connectivity index (χ0v) is 23.4. The minimum absolute atomic E-state index is 0.127. The lowest BCUT2D eigenvalue weighted by Crippen LogP contribution is -2.56. The Morgan fingerprint density at radius 1 is 0.976 bits per heavy atom. The number of benzene rings is 2. The molecule has 2 aromatic heterocycles. The van der Waals surface area contributed by atoms with Crippen molar-refractivity contribution in [2.45, 2.75) is 25.9 Å². The van der Waals surface area contributed by atoms with Crippen molar-refractivity contribution in [1.29, 1.82) is 0 Å². The molecule has 2 aromatic carbocycles. The number of nitrogens with zero attached hydrogens (tertiary/aromatic N) is 6. The fourth-order valence-corrected chi connectivity index (χ4v) is 4.83. The number of hydrogen-bond acceptors (Lipinski definition) is 8. The molecule has 212 valence electrons. The minimum atomic E-state index is -0.374. The fourth-order valence-electron chi connectivity index (χ4n) is 4.83. The highest BCUT2D eigenvalue weighted by atomic mass is 16.5. The maximum absolute atomic E-state index is 13.6. The maximum Gasteiger partial charge on any atom is 0.254 e. The molecule has 3 heterocycles. The molecule has 1 unspecified atom stereocenters. The molecular weight excluding hydrogens is 522 g/mol. The molecule has 4 aromatic rings. The number of imidazole rings is 1. The highest BCUT2D eigenvalue weighted by molar-refractivity contribution is 5.95. The standard InChI is InChI=1S/C30H33N7O4/c1-21-16-27(34-30(33-21)36-13-12-31-20-36)35-14-15-37(29(39)23-6-10-26(41-3)11-7-23)24(19-35)17-28(38)32-18-22-4-8-25(40-2)9-5-22/h4-13,16,20,24H,14-15,17-19H2,1-3H3,(H,32,38). The zero-order valence-electron chi connectivity index (χ0n) is 23.4. The molecule has 2 amide bonds. The molecular formula is C30H33N7O4. The number of aryl methyl sites for hydroxylation is 1. The monoisotopic (exact) mass is 555 g/mol. The number of nitrogens with one attached hydrogen (secondary N) is 1. The van der Waals surface area contributed by atoms with Crippen LogP contribution in [0.4, 0.5) is 5.82 Å². The highest BCUT2D eigenvalue weighted by Crippen LogP contribution is 2.23. The Labute approximate surface area is 238 Å². The van der Waals surface area contributed by atoms with Crippen molar-refractivity contribution in [2.75, 3.05) is 38.8 Å². The van der Waals surface area contributed by atoms with Gasteiger partial charge in [-0.25, -0.2) is 9.97 Å². The van der Waals surface area contributed by atoms with Crippen LogP contribution < -0.4 is 19.7 Å². The van der Waals surface area contributed by atoms with Crippen LogP contribution in [0.15, 0.2) is 73.3 Å². The smallest absolute Gasteiger partial charge is 0.254 e. The molecule has 1 aliphatic heterocycles.